The third kappa shape index (κ3) is 6.33. The van der Waals surface area contributed by atoms with Gasteiger partial charge in [-0.05, 0) is 51.4 Å². The molecule has 2 aromatic carbocycles. The van der Waals surface area contributed by atoms with Crippen LogP contribution >= 0.6 is 19.5 Å². The Hall–Kier alpha value is -3.16. The number of rotatable bonds is 9. The molecule has 2 aliphatic heterocycles. The Morgan fingerprint density at radius 3 is 2.12 bits per heavy atom. The second-order valence-corrected chi connectivity index (χ2v) is 14.3. The number of halogens is 1. The number of anilines is 4. The maximum atomic E-state index is 10.6. The molecular formula is C29H39ClN7O10P. The Balaban J connectivity index is 1.28. The Labute approximate surface area is 281 Å². The molecule has 0 amide bonds. The third-order valence-corrected chi connectivity index (χ3v) is 10.1. The zero-order chi connectivity index (χ0) is 35.2. The molecule has 0 bridgehead atoms. The summed E-state index contributed by atoms with van der Waals surface area (Å²) in [5.74, 6) is -13.3. The van der Waals surface area contributed by atoms with E-state index in [9.17, 15) is 40.9 Å². The van der Waals surface area contributed by atoms with Crippen molar-refractivity contribution in [3.05, 3.63) is 53.7 Å². The van der Waals surface area contributed by atoms with Crippen LogP contribution in [-0.2, 0) is 0 Å². The molecule has 2 fully saturated rings. The quantitative estimate of drug-likeness (QED) is 0.0759. The molecule has 0 aliphatic carbocycles. The van der Waals surface area contributed by atoms with Crippen molar-refractivity contribution < 1.29 is 50.4 Å². The first-order valence-electron chi connectivity index (χ1n) is 14.7. The molecule has 10 N–H and O–H groups in total. The summed E-state index contributed by atoms with van der Waals surface area (Å²) in [6.45, 7) is 4.66. The van der Waals surface area contributed by atoms with Crippen LogP contribution in [0.5, 0.6) is 11.5 Å². The van der Waals surface area contributed by atoms with Gasteiger partial charge >= 0.3 is 23.6 Å². The molecule has 3 heterocycles. The van der Waals surface area contributed by atoms with Gasteiger partial charge in [0, 0.05) is 36.2 Å². The van der Waals surface area contributed by atoms with E-state index in [0.29, 0.717) is 29.9 Å². The predicted molar refractivity (Wildman–Crippen MR) is 176 cm³/mol. The summed E-state index contributed by atoms with van der Waals surface area (Å²) in [6, 6.07) is 11.8. The molecule has 0 spiro atoms. The first kappa shape index (κ1) is 36.1. The number of likely N-dealkylation sites (N-methyl/N-ethyl adjacent to an activating group) is 1. The van der Waals surface area contributed by atoms with Crippen molar-refractivity contribution in [2.45, 2.75) is 42.5 Å². The minimum absolute atomic E-state index is 0.0169. The maximum Gasteiger partial charge on any atom is 0.302 e. The molecule has 17 nitrogen and oxygen atoms in total. The summed E-state index contributed by atoms with van der Waals surface area (Å²) < 4.78 is 5.61. The molecule has 0 saturated carbocycles. The summed E-state index contributed by atoms with van der Waals surface area (Å²) in [7, 11) is 1.72. The number of ether oxygens (including phenoxy) is 1. The number of piperazine rings is 1. The summed E-state index contributed by atoms with van der Waals surface area (Å²) in [5.41, 5.74) is 4.03. The summed E-state index contributed by atoms with van der Waals surface area (Å²) in [6.07, 6.45) is 1.45. The summed E-state index contributed by atoms with van der Waals surface area (Å²) in [4.78, 5) is 16.3. The molecule has 5 rings (SSSR count). The van der Waals surface area contributed by atoms with E-state index in [1.54, 1.807) is 18.2 Å². The molecule has 48 heavy (non-hydrogen) atoms. The second kappa shape index (κ2) is 13.3. The lowest BCUT2D eigenvalue weighted by atomic mass is 9.96. The normalized spacial score (nSPS) is 20.8. The topological polar surface area (TPSA) is 240 Å². The van der Waals surface area contributed by atoms with Crippen LogP contribution in [0.4, 0.5) is 23.1 Å². The molecule has 19 heteroatoms. The van der Waals surface area contributed by atoms with E-state index in [1.165, 1.54) is 13.3 Å². The number of para-hydroxylation sites is 1. The molecule has 3 aromatic rings. The highest BCUT2D eigenvalue weighted by atomic mass is 35.5. The average molecular weight is 712 g/mol. The van der Waals surface area contributed by atoms with E-state index < -0.39 is 37.6 Å². The Morgan fingerprint density at radius 2 is 1.52 bits per heavy atom. The van der Waals surface area contributed by atoms with E-state index in [0.717, 1.165) is 5.30 Å². The SMILES string of the molecule is COc1cc(N2CCC(N3C(O)(O)C(O)(O)N(C)C(O)(O)C3(O)O)CC2)ccc1Nc1ncc(Cl)c(NOc2ccccc2P(C)C)n1. The predicted octanol–water partition coefficient (Wildman–Crippen LogP) is -0.575. The molecule has 1 aromatic heterocycles. The minimum Gasteiger partial charge on any atom is -0.494 e. The van der Waals surface area contributed by atoms with Crippen molar-refractivity contribution in [1.82, 2.24) is 19.8 Å². The van der Waals surface area contributed by atoms with Crippen molar-refractivity contribution in [3.8, 4) is 11.5 Å². The van der Waals surface area contributed by atoms with E-state index >= 15 is 0 Å². The Morgan fingerprint density at radius 1 is 0.896 bits per heavy atom. The summed E-state index contributed by atoms with van der Waals surface area (Å²) >= 11 is 6.33. The second-order valence-electron chi connectivity index (χ2n) is 11.7. The van der Waals surface area contributed by atoms with Gasteiger partial charge in [-0.15, -0.1) is 0 Å². The lowest BCUT2D eigenvalue weighted by Crippen LogP contribution is -2.90. The smallest absolute Gasteiger partial charge is 0.302 e. The highest BCUT2D eigenvalue weighted by Gasteiger charge is 2.76. The fourth-order valence-electron chi connectivity index (χ4n) is 5.71. The van der Waals surface area contributed by atoms with Gasteiger partial charge in [-0.1, -0.05) is 37.7 Å². The monoisotopic (exact) mass is 711 g/mol. The fourth-order valence-corrected chi connectivity index (χ4v) is 6.79. The molecular weight excluding hydrogens is 673 g/mol. The zero-order valence-corrected chi connectivity index (χ0v) is 28.1. The van der Waals surface area contributed by atoms with Crippen LogP contribution in [0.2, 0.25) is 5.02 Å². The number of nitrogens with zero attached hydrogens (tertiary/aromatic N) is 5. The minimum atomic E-state index is -3.71. The zero-order valence-electron chi connectivity index (χ0n) is 26.5. The number of hydrogen-bond acceptors (Lipinski definition) is 17. The Kier molecular flexibility index (Phi) is 9.99. The number of aromatic nitrogens is 2. The van der Waals surface area contributed by atoms with E-state index in [2.05, 4.69) is 34.1 Å². The van der Waals surface area contributed by atoms with Gasteiger partial charge in [0.1, 0.15) is 10.8 Å². The van der Waals surface area contributed by atoms with Crippen LogP contribution in [0.25, 0.3) is 0 Å². The van der Waals surface area contributed by atoms with Crippen LogP contribution < -0.4 is 30.6 Å². The van der Waals surface area contributed by atoms with Gasteiger partial charge in [0.15, 0.2) is 11.6 Å². The first-order valence-corrected chi connectivity index (χ1v) is 17.3. The number of benzene rings is 2. The van der Waals surface area contributed by atoms with Crippen molar-refractivity contribution >= 4 is 48.0 Å². The largest absolute Gasteiger partial charge is 0.494 e. The van der Waals surface area contributed by atoms with Gasteiger partial charge in [0.25, 0.3) is 0 Å². The van der Waals surface area contributed by atoms with Crippen molar-refractivity contribution in [2.24, 2.45) is 0 Å². The molecule has 2 saturated heterocycles. The van der Waals surface area contributed by atoms with Crippen molar-refractivity contribution in [2.75, 3.05) is 56.3 Å². The van der Waals surface area contributed by atoms with Gasteiger partial charge in [-0.2, -0.15) is 14.8 Å². The molecule has 262 valence electrons. The van der Waals surface area contributed by atoms with Crippen LogP contribution in [0.15, 0.2) is 48.7 Å². The lowest BCUT2D eigenvalue weighted by Gasteiger charge is -2.62. The van der Waals surface area contributed by atoms with Gasteiger partial charge in [-0.25, -0.2) is 10.5 Å². The van der Waals surface area contributed by atoms with Gasteiger partial charge < -0.3 is 60.6 Å². The van der Waals surface area contributed by atoms with Crippen molar-refractivity contribution in [1.29, 1.82) is 0 Å². The van der Waals surface area contributed by atoms with Crippen LogP contribution in [0, 0.1) is 0 Å². The number of aliphatic hydroxyl groups is 8. The lowest BCUT2D eigenvalue weighted by molar-refractivity contribution is -0.610. The molecule has 0 radical (unpaired) electrons. The highest BCUT2D eigenvalue weighted by molar-refractivity contribution is 7.64. The van der Waals surface area contributed by atoms with E-state index in [-0.39, 0.29) is 52.5 Å². The van der Waals surface area contributed by atoms with Crippen LogP contribution in [0.3, 0.4) is 0 Å². The van der Waals surface area contributed by atoms with Crippen molar-refractivity contribution in [3.63, 3.8) is 0 Å². The molecule has 0 unspecified atom stereocenters. The third-order valence-electron chi connectivity index (χ3n) is 8.48. The molecule has 2 aliphatic rings. The number of methoxy groups -OCH3 is 1. The first-order chi connectivity index (χ1) is 22.4. The standard InChI is InChI=1S/C29H39ClN7O10P/c1-35-26(38,39)28(42,43)37(29(44,45)27(35,40)41)17-11-13-36(14-12-17)18-9-10-20(22(15-18)46-2)32-25-31-16-19(30)24(33-25)34-47-21-7-5-6-8-23(21)48(3)4/h5-10,15-17,38-45H,11-14H2,1-4H3,(H2,31,32,33,34). The Bertz CT molecular complexity index is 1600. The molecule has 0 atom stereocenters. The maximum absolute atomic E-state index is 10.6. The number of nitrogens with one attached hydrogen (secondary N) is 2. The fraction of sp³-hybridized carbons (Fsp3) is 0.448. The van der Waals surface area contributed by atoms with E-state index in [4.69, 9.17) is 21.2 Å². The van der Waals surface area contributed by atoms with Gasteiger partial charge in [-0.3, -0.25) is 0 Å². The van der Waals surface area contributed by atoms with Gasteiger partial charge in [0.2, 0.25) is 5.95 Å². The van der Waals surface area contributed by atoms with Crippen LogP contribution in [0.1, 0.15) is 12.8 Å². The van der Waals surface area contributed by atoms with Gasteiger partial charge in [0.05, 0.1) is 19.0 Å². The van der Waals surface area contributed by atoms with Crippen LogP contribution in [-0.4, -0.2) is 131 Å². The highest BCUT2D eigenvalue weighted by Crippen LogP contribution is 2.45. The van der Waals surface area contributed by atoms with E-state index in [1.807, 2.05) is 29.2 Å². The summed E-state index contributed by atoms with van der Waals surface area (Å²) in [5, 5.41) is 88.3. The number of piperidine rings is 1. The number of hydrogen-bond donors (Lipinski definition) is 10. The average Bonchev–Trinajstić information content (AvgIpc) is 3.04.